The Morgan fingerprint density at radius 2 is 1.90 bits per heavy atom. The van der Waals surface area contributed by atoms with Crippen LogP contribution >= 0.6 is 0 Å². The van der Waals surface area contributed by atoms with Crippen molar-refractivity contribution in [2.45, 2.75) is 6.92 Å². The van der Waals surface area contributed by atoms with Crippen LogP contribution in [0.25, 0.3) is 27.9 Å². The minimum atomic E-state index is -0.486. The summed E-state index contributed by atoms with van der Waals surface area (Å²) in [6, 6.07) is 19.5. The van der Waals surface area contributed by atoms with E-state index in [1.54, 1.807) is 30.3 Å². The smallest absolute Gasteiger partial charge is 0.291 e. The molecule has 146 valence electrons. The standard InChI is InChI=1S/C24H17N3O3/c1-15-9-10-27-14-19(26-23(27)11-15)16-5-4-6-17(12-16)25-24(29)22-13-20(28)18-7-2-3-8-21(18)30-22/h2-14H,1H3,(H,25,29). The van der Waals surface area contributed by atoms with E-state index in [-0.39, 0.29) is 11.2 Å². The van der Waals surface area contributed by atoms with Crippen LogP contribution in [0.5, 0.6) is 0 Å². The number of benzene rings is 2. The van der Waals surface area contributed by atoms with E-state index in [4.69, 9.17) is 4.42 Å². The SMILES string of the molecule is Cc1ccn2cc(-c3cccc(NC(=O)c4cc(=O)c5ccccc5o4)c3)nc2c1. The number of carbonyl (C=O) groups is 1. The molecule has 0 spiro atoms. The van der Waals surface area contributed by atoms with Gasteiger partial charge >= 0.3 is 0 Å². The third-order valence-electron chi connectivity index (χ3n) is 4.89. The lowest BCUT2D eigenvalue weighted by atomic mass is 10.1. The van der Waals surface area contributed by atoms with Gasteiger partial charge in [0, 0.05) is 29.7 Å². The van der Waals surface area contributed by atoms with Gasteiger partial charge in [-0.3, -0.25) is 9.59 Å². The number of nitrogens with one attached hydrogen (secondary N) is 1. The van der Waals surface area contributed by atoms with Gasteiger partial charge in [-0.1, -0.05) is 24.3 Å². The number of amides is 1. The zero-order valence-electron chi connectivity index (χ0n) is 16.1. The molecule has 0 aliphatic carbocycles. The van der Waals surface area contributed by atoms with Crippen molar-refractivity contribution < 1.29 is 9.21 Å². The van der Waals surface area contributed by atoms with Gasteiger partial charge in [-0.15, -0.1) is 0 Å². The van der Waals surface area contributed by atoms with Crippen molar-refractivity contribution in [1.82, 2.24) is 9.38 Å². The Bertz CT molecular complexity index is 1480. The maximum absolute atomic E-state index is 12.7. The van der Waals surface area contributed by atoms with E-state index >= 15 is 0 Å². The van der Waals surface area contributed by atoms with E-state index in [1.165, 1.54) is 6.07 Å². The summed E-state index contributed by atoms with van der Waals surface area (Å²) < 4.78 is 7.57. The van der Waals surface area contributed by atoms with Gasteiger partial charge in [0.25, 0.3) is 5.91 Å². The van der Waals surface area contributed by atoms with Crippen molar-refractivity contribution in [2.24, 2.45) is 0 Å². The number of hydrogen-bond acceptors (Lipinski definition) is 4. The molecule has 3 aromatic heterocycles. The number of hydrogen-bond donors (Lipinski definition) is 1. The molecule has 0 aliphatic rings. The summed E-state index contributed by atoms with van der Waals surface area (Å²) in [6.45, 7) is 2.02. The predicted molar refractivity (Wildman–Crippen MR) is 116 cm³/mol. The van der Waals surface area contributed by atoms with Crippen molar-refractivity contribution in [2.75, 3.05) is 5.32 Å². The third-order valence-corrected chi connectivity index (χ3v) is 4.89. The van der Waals surface area contributed by atoms with Gasteiger partial charge in [-0.25, -0.2) is 4.98 Å². The number of fused-ring (bicyclic) bond motifs is 2. The number of imidazole rings is 1. The number of pyridine rings is 1. The van der Waals surface area contributed by atoms with E-state index in [1.807, 2.05) is 54.0 Å². The highest BCUT2D eigenvalue weighted by Gasteiger charge is 2.13. The second-order valence-corrected chi connectivity index (χ2v) is 7.10. The fourth-order valence-electron chi connectivity index (χ4n) is 3.39. The summed E-state index contributed by atoms with van der Waals surface area (Å²) in [5, 5.41) is 3.24. The number of aryl methyl sites for hydroxylation is 1. The first-order chi connectivity index (χ1) is 14.6. The van der Waals surface area contributed by atoms with Gasteiger partial charge in [0.2, 0.25) is 0 Å². The molecule has 0 fully saturated rings. The zero-order chi connectivity index (χ0) is 20.7. The molecule has 5 rings (SSSR count). The van der Waals surface area contributed by atoms with Gasteiger partial charge in [-0.05, 0) is 48.9 Å². The molecule has 0 bridgehead atoms. The van der Waals surface area contributed by atoms with Crippen LogP contribution in [0.4, 0.5) is 5.69 Å². The van der Waals surface area contributed by atoms with Crippen molar-refractivity contribution in [3.63, 3.8) is 0 Å². The van der Waals surface area contributed by atoms with Crippen molar-refractivity contribution in [3.05, 3.63) is 101 Å². The molecule has 0 unspecified atom stereocenters. The summed E-state index contributed by atoms with van der Waals surface area (Å²) >= 11 is 0. The molecule has 0 atom stereocenters. The first-order valence-electron chi connectivity index (χ1n) is 9.47. The molecule has 1 N–H and O–H groups in total. The van der Waals surface area contributed by atoms with Gasteiger partial charge < -0.3 is 14.1 Å². The average molecular weight is 395 g/mol. The van der Waals surface area contributed by atoms with Gasteiger partial charge in [-0.2, -0.15) is 0 Å². The minimum absolute atomic E-state index is 0.0349. The van der Waals surface area contributed by atoms with Crippen LogP contribution in [0, 0.1) is 6.92 Å². The largest absolute Gasteiger partial charge is 0.451 e. The number of rotatable bonds is 3. The minimum Gasteiger partial charge on any atom is -0.451 e. The molecule has 5 aromatic rings. The normalized spacial score (nSPS) is 11.1. The highest BCUT2D eigenvalue weighted by molar-refractivity contribution is 6.03. The van der Waals surface area contributed by atoms with Crippen LogP contribution in [0.2, 0.25) is 0 Å². The summed E-state index contributed by atoms with van der Waals surface area (Å²) in [5.74, 6) is -0.520. The number of nitrogens with zero attached hydrogens (tertiary/aromatic N) is 2. The fraction of sp³-hybridized carbons (Fsp3) is 0.0417. The van der Waals surface area contributed by atoms with Crippen LogP contribution in [0.1, 0.15) is 16.1 Å². The highest BCUT2D eigenvalue weighted by atomic mass is 16.3. The maximum Gasteiger partial charge on any atom is 0.291 e. The van der Waals surface area contributed by atoms with Crippen LogP contribution in [0.3, 0.4) is 0 Å². The van der Waals surface area contributed by atoms with E-state index in [0.717, 1.165) is 22.5 Å². The Balaban J connectivity index is 1.45. The Morgan fingerprint density at radius 3 is 2.80 bits per heavy atom. The molecular weight excluding hydrogens is 378 g/mol. The molecule has 6 nitrogen and oxygen atoms in total. The molecule has 0 saturated heterocycles. The Labute approximate surface area is 171 Å². The molecule has 0 aliphatic heterocycles. The summed E-state index contributed by atoms with van der Waals surface area (Å²) in [4.78, 5) is 29.6. The van der Waals surface area contributed by atoms with E-state index in [2.05, 4.69) is 10.3 Å². The van der Waals surface area contributed by atoms with Gasteiger partial charge in [0.05, 0.1) is 11.1 Å². The predicted octanol–water partition coefficient (Wildman–Crippen LogP) is 4.67. The molecule has 6 heteroatoms. The van der Waals surface area contributed by atoms with Crippen molar-refractivity contribution >= 4 is 28.2 Å². The highest BCUT2D eigenvalue weighted by Crippen LogP contribution is 2.23. The first kappa shape index (κ1) is 17.9. The van der Waals surface area contributed by atoms with Crippen molar-refractivity contribution in [3.8, 4) is 11.3 Å². The lowest BCUT2D eigenvalue weighted by Crippen LogP contribution is -2.15. The van der Waals surface area contributed by atoms with Crippen LogP contribution < -0.4 is 10.7 Å². The second-order valence-electron chi connectivity index (χ2n) is 7.10. The fourth-order valence-corrected chi connectivity index (χ4v) is 3.39. The number of anilines is 1. The van der Waals surface area contributed by atoms with Gasteiger partial charge in [0.1, 0.15) is 11.2 Å². The van der Waals surface area contributed by atoms with E-state index in [0.29, 0.717) is 16.7 Å². The Hall–Kier alpha value is -4.19. The number of para-hydroxylation sites is 1. The van der Waals surface area contributed by atoms with Crippen LogP contribution in [0.15, 0.2) is 88.3 Å². The molecule has 2 aromatic carbocycles. The lowest BCUT2D eigenvalue weighted by Gasteiger charge is -2.07. The summed E-state index contributed by atoms with van der Waals surface area (Å²) in [6.07, 6.45) is 3.91. The third kappa shape index (κ3) is 3.24. The molecular formula is C24H17N3O3. The van der Waals surface area contributed by atoms with E-state index in [9.17, 15) is 9.59 Å². The van der Waals surface area contributed by atoms with Crippen LogP contribution in [-0.4, -0.2) is 15.3 Å². The maximum atomic E-state index is 12.7. The monoisotopic (exact) mass is 395 g/mol. The van der Waals surface area contributed by atoms with Gasteiger partial charge in [0.15, 0.2) is 11.2 Å². The van der Waals surface area contributed by atoms with E-state index < -0.39 is 5.91 Å². The Morgan fingerprint density at radius 1 is 1.03 bits per heavy atom. The summed E-state index contributed by atoms with van der Waals surface area (Å²) in [7, 11) is 0. The van der Waals surface area contributed by atoms with Crippen LogP contribution in [-0.2, 0) is 0 Å². The number of aromatic nitrogens is 2. The Kier molecular flexibility index (Phi) is 4.17. The number of carbonyl (C=O) groups excluding carboxylic acids is 1. The average Bonchev–Trinajstić information content (AvgIpc) is 3.17. The zero-order valence-corrected chi connectivity index (χ0v) is 16.1. The topological polar surface area (TPSA) is 76.6 Å². The lowest BCUT2D eigenvalue weighted by molar-refractivity contribution is 0.0997. The molecule has 3 heterocycles. The molecule has 1 amide bonds. The first-order valence-corrected chi connectivity index (χ1v) is 9.47. The quantitative estimate of drug-likeness (QED) is 0.482. The molecule has 30 heavy (non-hydrogen) atoms. The second kappa shape index (κ2) is 7.00. The summed E-state index contributed by atoms with van der Waals surface area (Å²) in [5.41, 5.74) is 4.37. The van der Waals surface area contributed by atoms with Crippen molar-refractivity contribution in [1.29, 1.82) is 0 Å². The molecule has 0 radical (unpaired) electrons. The molecule has 0 saturated carbocycles.